The van der Waals surface area contributed by atoms with Crippen molar-refractivity contribution in [3.63, 3.8) is 0 Å². The Labute approximate surface area is 68.8 Å². The first-order valence-corrected chi connectivity index (χ1v) is 3.88. The van der Waals surface area contributed by atoms with Gasteiger partial charge in [-0.25, -0.2) is 0 Å². The van der Waals surface area contributed by atoms with Crippen LogP contribution in [0.25, 0.3) is 0 Å². The first-order chi connectivity index (χ1) is 4.91. The van der Waals surface area contributed by atoms with Crippen molar-refractivity contribution < 1.29 is 4.79 Å². The fourth-order valence-corrected chi connectivity index (χ4v) is 1.08. The topological polar surface area (TPSA) is 32.3 Å². The van der Waals surface area contributed by atoms with E-state index in [1.807, 2.05) is 20.8 Å². The smallest absolute Gasteiger partial charge is 0.241 e. The van der Waals surface area contributed by atoms with E-state index in [0.29, 0.717) is 0 Å². The number of rotatable bonds is 3. The van der Waals surface area contributed by atoms with Crippen LogP contribution in [-0.4, -0.2) is 37.0 Å². The van der Waals surface area contributed by atoms with Crippen LogP contribution < -0.4 is 5.32 Å². The van der Waals surface area contributed by atoms with Crippen molar-refractivity contribution in [1.29, 1.82) is 0 Å². The molecule has 0 saturated heterocycles. The molecule has 0 aromatic rings. The lowest BCUT2D eigenvalue weighted by atomic mass is 10.0. The Morgan fingerprint density at radius 3 is 2.18 bits per heavy atom. The molecule has 3 heteroatoms. The fraction of sp³-hybridized carbons (Fsp3) is 0.875. The summed E-state index contributed by atoms with van der Waals surface area (Å²) in [5.41, 5.74) is -0.432. The molecule has 0 aromatic heterocycles. The Kier molecular flexibility index (Phi) is 3.52. The van der Waals surface area contributed by atoms with Gasteiger partial charge in [0.1, 0.15) is 0 Å². The van der Waals surface area contributed by atoms with Gasteiger partial charge in [-0.05, 0) is 20.4 Å². The van der Waals surface area contributed by atoms with E-state index in [2.05, 4.69) is 5.32 Å². The van der Waals surface area contributed by atoms with Crippen molar-refractivity contribution >= 4 is 5.91 Å². The molecule has 3 nitrogen and oxygen atoms in total. The first-order valence-electron chi connectivity index (χ1n) is 3.88. The van der Waals surface area contributed by atoms with Crippen LogP contribution in [0, 0.1) is 0 Å². The predicted octanol–water partition coefficient (Wildman–Crippen LogP) is 0.463. The largest absolute Gasteiger partial charge is 0.347 e. The molecule has 0 aliphatic carbocycles. The summed E-state index contributed by atoms with van der Waals surface area (Å²) >= 11 is 0. The second kappa shape index (κ2) is 3.72. The number of nitrogens with zero attached hydrogens (tertiary/aromatic N) is 1. The summed E-state index contributed by atoms with van der Waals surface area (Å²) in [6.07, 6.45) is 0. The van der Waals surface area contributed by atoms with Crippen LogP contribution >= 0.6 is 0 Å². The zero-order chi connectivity index (χ0) is 9.07. The van der Waals surface area contributed by atoms with E-state index in [-0.39, 0.29) is 5.91 Å². The molecule has 0 bridgehead atoms. The molecule has 0 radical (unpaired) electrons. The SMILES string of the molecule is CCNC(C)(C)C(=O)N(C)C. The average molecular weight is 158 g/mol. The number of hydrogen-bond donors (Lipinski definition) is 1. The van der Waals surface area contributed by atoms with Gasteiger partial charge >= 0.3 is 0 Å². The van der Waals surface area contributed by atoms with Crippen LogP contribution in [0.1, 0.15) is 20.8 Å². The number of carbonyl (C=O) groups is 1. The minimum Gasteiger partial charge on any atom is -0.347 e. The molecule has 0 aliphatic heterocycles. The highest BCUT2D eigenvalue weighted by Gasteiger charge is 2.27. The lowest BCUT2D eigenvalue weighted by molar-refractivity contribution is -0.134. The van der Waals surface area contributed by atoms with Gasteiger partial charge < -0.3 is 10.2 Å². The molecule has 66 valence electrons. The molecule has 0 fully saturated rings. The molecule has 0 aromatic carbocycles. The molecular formula is C8H18N2O. The maximum atomic E-state index is 11.4. The van der Waals surface area contributed by atoms with Gasteiger partial charge in [-0.3, -0.25) is 4.79 Å². The minimum absolute atomic E-state index is 0.111. The van der Waals surface area contributed by atoms with Crippen molar-refractivity contribution in [2.24, 2.45) is 0 Å². The Balaban J connectivity index is 4.17. The number of hydrogen-bond acceptors (Lipinski definition) is 2. The third kappa shape index (κ3) is 2.89. The highest BCUT2D eigenvalue weighted by molar-refractivity contribution is 5.84. The number of likely N-dealkylation sites (N-methyl/N-ethyl adjacent to an activating group) is 2. The van der Waals surface area contributed by atoms with Gasteiger partial charge in [0, 0.05) is 14.1 Å². The van der Waals surface area contributed by atoms with E-state index >= 15 is 0 Å². The van der Waals surface area contributed by atoms with Gasteiger partial charge in [0.25, 0.3) is 0 Å². The van der Waals surface area contributed by atoms with Gasteiger partial charge in [0.05, 0.1) is 5.54 Å². The molecule has 0 unspecified atom stereocenters. The van der Waals surface area contributed by atoms with Crippen LogP contribution in [0.5, 0.6) is 0 Å². The Morgan fingerprint density at radius 2 is 1.91 bits per heavy atom. The van der Waals surface area contributed by atoms with Crippen molar-refractivity contribution in [3.8, 4) is 0 Å². The second-order valence-electron chi connectivity index (χ2n) is 3.35. The summed E-state index contributed by atoms with van der Waals surface area (Å²) in [6, 6.07) is 0. The maximum Gasteiger partial charge on any atom is 0.241 e. The second-order valence-corrected chi connectivity index (χ2v) is 3.35. The zero-order valence-corrected chi connectivity index (χ0v) is 8.06. The Hall–Kier alpha value is -0.570. The number of nitrogens with one attached hydrogen (secondary N) is 1. The van der Waals surface area contributed by atoms with Gasteiger partial charge in [-0.15, -0.1) is 0 Å². The van der Waals surface area contributed by atoms with E-state index in [0.717, 1.165) is 6.54 Å². The van der Waals surface area contributed by atoms with E-state index in [9.17, 15) is 4.79 Å². The minimum atomic E-state index is -0.432. The standard InChI is InChI=1S/C8H18N2O/c1-6-9-8(2,3)7(11)10(4)5/h9H,6H2,1-5H3. The van der Waals surface area contributed by atoms with Crippen LogP contribution in [0.3, 0.4) is 0 Å². The van der Waals surface area contributed by atoms with Gasteiger partial charge in [-0.1, -0.05) is 6.92 Å². The van der Waals surface area contributed by atoms with Crippen LogP contribution in [0.15, 0.2) is 0 Å². The van der Waals surface area contributed by atoms with E-state index in [1.165, 1.54) is 0 Å². The maximum absolute atomic E-state index is 11.4. The molecule has 0 atom stereocenters. The molecule has 1 amide bonds. The normalized spacial score (nSPS) is 11.4. The average Bonchev–Trinajstić information content (AvgIpc) is 1.86. The van der Waals surface area contributed by atoms with Crippen LogP contribution in [-0.2, 0) is 4.79 Å². The fourth-order valence-electron chi connectivity index (χ4n) is 1.08. The molecule has 0 aliphatic rings. The van der Waals surface area contributed by atoms with E-state index in [4.69, 9.17) is 0 Å². The number of amides is 1. The summed E-state index contributed by atoms with van der Waals surface area (Å²) < 4.78 is 0. The van der Waals surface area contributed by atoms with Gasteiger partial charge in [0.2, 0.25) is 5.91 Å². The van der Waals surface area contributed by atoms with Crippen molar-refractivity contribution in [2.45, 2.75) is 26.3 Å². The Bertz CT molecular complexity index is 141. The Morgan fingerprint density at radius 1 is 1.45 bits per heavy atom. The summed E-state index contributed by atoms with van der Waals surface area (Å²) in [5.74, 6) is 0.111. The predicted molar refractivity (Wildman–Crippen MR) is 46.4 cm³/mol. The molecule has 1 N–H and O–H groups in total. The van der Waals surface area contributed by atoms with Gasteiger partial charge in [-0.2, -0.15) is 0 Å². The third-order valence-corrected chi connectivity index (χ3v) is 1.56. The van der Waals surface area contributed by atoms with E-state index in [1.54, 1.807) is 19.0 Å². The highest BCUT2D eigenvalue weighted by atomic mass is 16.2. The summed E-state index contributed by atoms with van der Waals surface area (Å²) in [4.78, 5) is 13.0. The first kappa shape index (κ1) is 10.4. The quantitative estimate of drug-likeness (QED) is 0.647. The van der Waals surface area contributed by atoms with E-state index < -0.39 is 5.54 Å². The third-order valence-electron chi connectivity index (χ3n) is 1.56. The molecule has 0 rings (SSSR count). The summed E-state index contributed by atoms with van der Waals surface area (Å²) in [7, 11) is 3.53. The summed E-state index contributed by atoms with van der Waals surface area (Å²) in [6.45, 7) is 6.58. The highest BCUT2D eigenvalue weighted by Crippen LogP contribution is 2.04. The van der Waals surface area contributed by atoms with Gasteiger partial charge in [0.15, 0.2) is 0 Å². The zero-order valence-electron chi connectivity index (χ0n) is 8.06. The monoisotopic (exact) mass is 158 g/mol. The van der Waals surface area contributed by atoms with Crippen molar-refractivity contribution in [1.82, 2.24) is 10.2 Å². The van der Waals surface area contributed by atoms with Crippen LogP contribution in [0.2, 0.25) is 0 Å². The number of carbonyl (C=O) groups excluding carboxylic acids is 1. The van der Waals surface area contributed by atoms with Crippen molar-refractivity contribution in [2.75, 3.05) is 20.6 Å². The lowest BCUT2D eigenvalue weighted by Gasteiger charge is -2.27. The lowest BCUT2D eigenvalue weighted by Crippen LogP contribution is -2.51. The molecule has 0 spiro atoms. The van der Waals surface area contributed by atoms with Crippen molar-refractivity contribution in [3.05, 3.63) is 0 Å². The molecule has 11 heavy (non-hydrogen) atoms. The molecule has 0 heterocycles. The van der Waals surface area contributed by atoms with Crippen LogP contribution in [0.4, 0.5) is 0 Å². The molecular weight excluding hydrogens is 140 g/mol. The molecule has 0 saturated carbocycles. The summed E-state index contributed by atoms with van der Waals surface area (Å²) in [5, 5.41) is 3.11.